The molecule has 1 aliphatic rings. The quantitative estimate of drug-likeness (QED) is 0.302. The van der Waals surface area contributed by atoms with Crippen LogP contribution in [0, 0.1) is 6.92 Å². The van der Waals surface area contributed by atoms with E-state index in [1.165, 1.54) is 17.2 Å². The van der Waals surface area contributed by atoms with Gasteiger partial charge in [-0.05, 0) is 54.4 Å². The van der Waals surface area contributed by atoms with Crippen molar-refractivity contribution in [2.45, 2.75) is 18.4 Å². The first-order valence-electron chi connectivity index (χ1n) is 10.9. The lowest BCUT2D eigenvalue weighted by Gasteiger charge is -2.33. The van der Waals surface area contributed by atoms with E-state index in [-0.39, 0.29) is 17.3 Å². The van der Waals surface area contributed by atoms with Crippen molar-refractivity contribution in [3.05, 3.63) is 100 Å². The number of aromatic nitrogens is 1. The summed E-state index contributed by atoms with van der Waals surface area (Å²) in [6, 6.07) is 20.0. The highest BCUT2D eigenvalue weighted by Gasteiger charge is 2.32. The van der Waals surface area contributed by atoms with E-state index in [9.17, 15) is 13.2 Å². The lowest BCUT2D eigenvalue weighted by atomic mass is 9.95. The number of amides is 2. The number of carbonyl (C=O) groups is 1. The number of urea groups is 1. The molecule has 1 aliphatic heterocycles. The van der Waals surface area contributed by atoms with Gasteiger partial charge in [-0.2, -0.15) is 0 Å². The number of halogens is 2. The average Bonchev–Trinajstić information content (AvgIpc) is 2.85. The number of sulfonamides is 1. The fourth-order valence-electron chi connectivity index (χ4n) is 4.19. The molecule has 0 aliphatic carbocycles. The summed E-state index contributed by atoms with van der Waals surface area (Å²) in [5, 5.41) is 3.69. The Morgan fingerprint density at radius 2 is 1.69 bits per heavy atom. The van der Waals surface area contributed by atoms with Gasteiger partial charge in [0.15, 0.2) is 0 Å². The van der Waals surface area contributed by atoms with Crippen molar-refractivity contribution in [3.63, 3.8) is 0 Å². The number of benzene rings is 3. The van der Waals surface area contributed by atoms with E-state index >= 15 is 0 Å². The molecule has 10 heteroatoms. The highest BCUT2D eigenvalue weighted by molar-refractivity contribution is 7.92. The second-order valence-corrected chi connectivity index (χ2v) is 10.7. The standard InChI is InChI=1S/C26H20Cl2N4O3S/c1-16-7-6-10-22(28)25(16)32-23-14-17(36(34,35)31-24-11-4-5-12-29-24)13-19(20(23)15-30-26(32)33)18-8-2-3-9-21(18)27/h2-14H,15H2,1H3,(H,29,31)(H,30,33). The number of pyridine rings is 1. The Bertz CT molecular complexity index is 1570. The molecule has 0 fully saturated rings. The molecule has 2 N–H and O–H groups in total. The van der Waals surface area contributed by atoms with Crippen LogP contribution >= 0.6 is 23.2 Å². The largest absolute Gasteiger partial charge is 0.333 e. The zero-order chi connectivity index (χ0) is 25.4. The third kappa shape index (κ3) is 4.39. The topological polar surface area (TPSA) is 91.4 Å². The molecule has 0 saturated heterocycles. The monoisotopic (exact) mass is 538 g/mol. The lowest BCUT2D eigenvalue weighted by molar-refractivity contribution is 0.247. The second kappa shape index (κ2) is 9.46. The van der Waals surface area contributed by atoms with Crippen LogP contribution in [0.3, 0.4) is 0 Å². The van der Waals surface area contributed by atoms with Crippen LogP contribution in [-0.4, -0.2) is 19.4 Å². The van der Waals surface area contributed by atoms with E-state index in [2.05, 4.69) is 15.0 Å². The van der Waals surface area contributed by atoms with Crippen molar-refractivity contribution in [1.82, 2.24) is 10.3 Å². The number of carbonyl (C=O) groups excluding carboxylic acids is 1. The van der Waals surface area contributed by atoms with Crippen LogP contribution in [-0.2, 0) is 16.6 Å². The molecular weight excluding hydrogens is 519 g/mol. The summed E-state index contributed by atoms with van der Waals surface area (Å²) in [4.78, 5) is 18.6. The molecule has 4 aromatic rings. The zero-order valence-electron chi connectivity index (χ0n) is 19.0. The Hall–Kier alpha value is -3.59. The Morgan fingerprint density at radius 1 is 0.944 bits per heavy atom. The van der Waals surface area contributed by atoms with Gasteiger partial charge in [0.25, 0.3) is 10.0 Å². The van der Waals surface area contributed by atoms with Crippen LogP contribution in [0.15, 0.2) is 83.9 Å². The van der Waals surface area contributed by atoms with E-state index < -0.39 is 16.1 Å². The van der Waals surface area contributed by atoms with Crippen molar-refractivity contribution in [2.24, 2.45) is 0 Å². The van der Waals surface area contributed by atoms with Gasteiger partial charge in [-0.25, -0.2) is 18.2 Å². The van der Waals surface area contributed by atoms with Crippen LogP contribution in [0.5, 0.6) is 0 Å². The predicted molar refractivity (Wildman–Crippen MR) is 142 cm³/mol. The Morgan fingerprint density at radius 3 is 2.42 bits per heavy atom. The minimum absolute atomic E-state index is 0.0498. The molecule has 2 heterocycles. The smallest absolute Gasteiger partial charge is 0.326 e. The highest BCUT2D eigenvalue weighted by Crippen LogP contribution is 2.44. The number of hydrogen-bond donors (Lipinski definition) is 2. The van der Waals surface area contributed by atoms with Gasteiger partial charge in [0, 0.05) is 28.9 Å². The number of nitrogens with one attached hydrogen (secondary N) is 2. The number of fused-ring (bicyclic) bond motifs is 1. The van der Waals surface area contributed by atoms with Gasteiger partial charge in [-0.15, -0.1) is 0 Å². The SMILES string of the molecule is Cc1cccc(Cl)c1N1C(=O)NCc2c(-c3ccccc3Cl)cc(S(=O)(=O)Nc3ccccn3)cc21. The molecule has 0 atom stereocenters. The van der Waals surface area contributed by atoms with E-state index in [0.29, 0.717) is 38.1 Å². The molecular formula is C26H20Cl2N4O3S. The molecule has 0 radical (unpaired) electrons. The Labute approximate surface area is 218 Å². The van der Waals surface area contributed by atoms with Crippen molar-refractivity contribution in [3.8, 4) is 11.1 Å². The summed E-state index contributed by atoms with van der Waals surface area (Å²) in [6.07, 6.45) is 1.49. The van der Waals surface area contributed by atoms with Crippen LogP contribution in [0.2, 0.25) is 10.0 Å². The number of aryl methyl sites for hydroxylation is 1. The van der Waals surface area contributed by atoms with E-state index in [1.54, 1.807) is 48.5 Å². The molecule has 5 rings (SSSR count). The van der Waals surface area contributed by atoms with Crippen LogP contribution in [0.1, 0.15) is 11.1 Å². The number of anilines is 3. The maximum Gasteiger partial charge on any atom is 0.326 e. The minimum Gasteiger partial charge on any atom is -0.333 e. The number of rotatable bonds is 5. The fourth-order valence-corrected chi connectivity index (χ4v) is 5.79. The van der Waals surface area contributed by atoms with Crippen molar-refractivity contribution in [1.29, 1.82) is 0 Å². The molecule has 0 bridgehead atoms. The van der Waals surface area contributed by atoms with Crippen molar-refractivity contribution >= 4 is 56.4 Å². The zero-order valence-corrected chi connectivity index (χ0v) is 21.3. The van der Waals surface area contributed by atoms with Crippen LogP contribution in [0.4, 0.5) is 22.0 Å². The normalized spacial score (nSPS) is 13.2. The van der Waals surface area contributed by atoms with E-state index in [0.717, 1.165) is 5.56 Å². The average molecular weight is 539 g/mol. The summed E-state index contributed by atoms with van der Waals surface area (Å²) in [5.74, 6) is 0.172. The van der Waals surface area contributed by atoms with Gasteiger partial charge >= 0.3 is 6.03 Å². The van der Waals surface area contributed by atoms with Crippen LogP contribution in [0.25, 0.3) is 11.1 Å². The van der Waals surface area contributed by atoms with Gasteiger partial charge in [0.2, 0.25) is 0 Å². The van der Waals surface area contributed by atoms with Crippen LogP contribution < -0.4 is 14.9 Å². The Balaban J connectivity index is 1.78. The molecule has 182 valence electrons. The first-order valence-corrected chi connectivity index (χ1v) is 13.2. The third-order valence-electron chi connectivity index (χ3n) is 5.85. The molecule has 36 heavy (non-hydrogen) atoms. The summed E-state index contributed by atoms with van der Waals surface area (Å²) < 4.78 is 29.5. The summed E-state index contributed by atoms with van der Waals surface area (Å²) in [6.45, 7) is 2.02. The summed E-state index contributed by atoms with van der Waals surface area (Å²) in [7, 11) is -4.08. The first kappa shape index (κ1) is 24.1. The lowest BCUT2D eigenvalue weighted by Crippen LogP contribution is -2.42. The Kier molecular flexibility index (Phi) is 6.34. The minimum atomic E-state index is -4.08. The third-order valence-corrected chi connectivity index (χ3v) is 7.82. The molecule has 1 aromatic heterocycles. The first-order chi connectivity index (χ1) is 17.3. The van der Waals surface area contributed by atoms with Gasteiger partial charge in [-0.3, -0.25) is 9.62 Å². The van der Waals surface area contributed by atoms with Gasteiger partial charge in [0.1, 0.15) is 5.82 Å². The maximum atomic E-state index is 13.5. The van der Waals surface area contributed by atoms with Gasteiger partial charge in [-0.1, -0.05) is 59.6 Å². The predicted octanol–water partition coefficient (Wildman–Crippen LogP) is 6.53. The molecule has 7 nitrogen and oxygen atoms in total. The molecule has 0 unspecified atom stereocenters. The number of nitrogens with zero attached hydrogens (tertiary/aromatic N) is 2. The van der Waals surface area contributed by atoms with E-state index in [1.807, 2.05) is 25.1 Å². The van der Waals surface area contributed by atoms with Gasteiger partial charge < -0.3 is 5.32 Å². The second-order valence-electron chi connectivity index (χ2n) is 8.17. The number of hydrogen-bond acceptors (Lipinski definition) is 4. The molecule has 0 saturated carbocycles. The maximum absolute atomic E-state index is 13.5. The number of para-hydroxylation sites is 1. The summed E-state index contributed by atoms with van der Waals surface area (Å²) >= 11 is 13.1. The van der Waals surface area contributed by atoms with Crippen molar-refractivity contribution in [2.75, 3.05) is 9.62 Å². The summed E-state index contributed by atoms with van der Waals surface area (Å²) in [5.41, 5.74) is 3.54. The molecule has 3 aromatic carbocycles. The van der Waals surface area contributed by atoms with E-state index in [4.69, 9.17) is 23.2 Å². The molecule has 2 amide bonds. The highest BCUT2D eigenvalue weighted by atomic mass is 35.5. The fraction of sp³-hybridized carbons (Fsp3) is 0.0769. The molecule has 0 spiro atoms. The van der Waals surface area contributed by atoms with Gasteiger partial charge in [0.05, 0.1) is 21.3 Å². The van der Waals surface area contributed by atoms with Crippen molar-refractivity contribution < 1.29 is 13.2 Å².